The SMILES string of the molecule is C[C@@H]1CN(C(=O)CCc2ncc(-c3ccc(F)cc3)o2)CCO1. The highest BCUT2D eigenvalue weighted by Crippen LogP contribution is 2.21. The minimum atomic E-state index is -0.293. The summed E-state index contributed by atoms with van der Waals surface area (Å²) in [5.74, 6) is 0.881. The molecule has 1 aromatic carbocycles. The Balaban J connectivity index is 1.56. The van der Waals surface area contributed by atoms with Crippen molar-refractivity contribution in [1.29, 1.82) is 0 Å². The highest BCUT2D eigenvalue weighted by atomic mass is 19.1. The first-order valence-corrected chi connectivity index (χ1v) is 7.72. The van der Waals surface area contributed by atoms with E-state index in [-0.39, 0.29) is 17.8 Å². The van der Waals surface area contributed by atoms with Gasteiger partial charge in [-0.2, -0.15) is 0 Å². The molecule has 0 bridgehead atoms. The fourth-order valence-corrected chi connectivity index (χ4v) is 2.59. The van der Waals surface area contributed by atoms with E-state index in [1.165, 1.54) is 12.1 Å². The Morgan fingerprint density at radius 1 is 1.39 bits per heavy atom. The van der Waals surface area contributed by atoms with E-state index in [1.807, 2.05) is 11.8 Å². The van der Waals surface area contributed by atoms with Gasteiger partial charge in [-0.1, -0.05) is 0 Å². The number of aromatic nitrogens is 1. The number of hydrogen-bond acceptors (Lipinski definition) is 4. The lowest BCUT2D eigenvalue weighted by atomic mass is 10.2. The molecule has 3 rings (SSSR count). The van der Waals surface area contributed by atoms with Crippen LogP contribution >= 0.6 is 0 Å². The first kappa shape index (κ1) is 15.7. The first-order chi connectivity index (χ1) is 11.1. The summed E-state index contributed by atoms with van der Waals surface area (Å²) in [4.78, 5) is 18.2. The van der Waals surface area contributed by atoms with Crippen LogP contribution in [0.4, 0.5) is 4.39 Å². The van der Waals surface area contributed by atoms with Crippen LogP contribution in [0.1, 0.15) is 19.2 Å². The number of carbonyl (C=O) groups excluding carboxylic acids is 1. The molecule has 1 fully saturated rings. The number of aryl methyl sites for hydroxylation is 1. The molecule has 0 aliphatic carbocycles. The van der Waals surface area contributed by atoms with Crippen LogP contribution in [-0.2, 0) is 16.0 Å². The summed E-state index contributed by atoms with van der Waals surface area (Å²) in [6, 6.07) is 6.03. The van der Waals surface area contributed by atoms with Gasteiger partial charge in [0.2, 0.25) is 5.91 Å². The van der Waals surface area contributed by atoms with Crippen molar-refractivity contribution in [1.82, 2.24) is 9.88 Å². The lowest BCUT2D eigenvalue weighted by Gasteiger charge is -2.31. The van der Waals surface area contributed by atoms with Crippen LogP contribution < -0.4 is 0 Å². The molecule has 1 saturated heterocycles. The third kappa shape index (κ3) is 3.96. The van der Waals surface area contributed by atoms with Crippen molar-refractivity contribution in [3.05, 3.63) is 42.2 Å². The number of hydrogen-bond donors (Lipinski definition) is 0. The van der Waals surface area contributed by atoms with Crippen molar-refractivity contribution in [3.8, 4) is 11.3 Å². The van der Waals surface area contributed by atoms with Gasteiger partial charge in [-0.3, -0.25) is 4.79 Å². The summed E-state index contributed by atoms with van der Waals surface area (Å²) >= 11 is 0. The third-order valence-electron chi connectivity index (χ3n) is 3.83. The molecule has 6 heteroatoms. The van der Waals surface area contributed by atoms with Crippen LogP contribution in [0.5, 0.6) is 0 Å². The Hall–Kier alpha value is -2.21. The van der Waals surface area contributed by atoms with Crippen molar-refractivity contribution in [3.63, 3.8) is 0 Å². The Labute approximate surface area is 134 Å². The average molecular weight is 318 g/mol. The van der Waals surface area contributed by atoms with Gasteiger partial charge in [-0.05, 0) is 31.2 Å². The largest absolute Gasteiger partial charge is 0.441 e. The number of ether oxygens (including phenoxy) is 1. The molecule has 0 N–H and O–H groups in total. The van der Waals surface area contributed by atoms with E-state index in [0.717, 1.165) is 5.56 Å². The van der Waals surface area contributed by atoms with Gasteiger partial charge in [0.15, 0.2) is 11.7 Å². The van der Waals surface area contributed by atoms with E-state index in [9.17, 15) is 9.18 Å². The normalized spacial score (nSPS) is 18.2. The predicted molar refractivity (Wildman–Crippen MR) is 82.2 cm³/mol. The molecule has 23 heavy (non-hydrogen) atoms. The lowest BCUT2D eigenvalue weighted by molar-refractivity contribution is -0.138. The Morgan fingerprint density at radius 3 is 2.91 bits per heavy atom. The van der Waals surface area contributed by atoms with Gasteiger partial charge >= 0.3 is 0 Å². The third-order valence-corrected chi connectivity index (χ3v) is 3.83. The molecular formula is C17H19FN2O3. The van der Waals surface area contributed by atoms with Crippen LogP contribution in [0.3, 0.4) is 0 Å². The molecule has 0 radical (unpaired) electrons. The smallest absolute Gasteiger partial charge is 0.223 e. The summed E-state index contributed by atoms with van der Waals surface area (Å²) < 4.78 is 24.0. The maximum Gasteiger partial charge on any atom is 0.223 e. The summed E-state index contributed by atoms with van der Waals surface area (Å²) in [7, 11) is 0. The van der Waals surface area contributed by atoms with Crippen LogP contribution in [0.15, 0.2) is 34.9 Å². The standard InChI is InChI=1S/C17H19FN2O3/c1-12-11-20(8-9-22-12)17(21)7-6-16-19-10-15(23-16)13-2-4-14(18)5-3-13/h2-5,10,12H,6-9,11H2,1H3/t12-/m1/s1. The Bertz CT molecular complexity index is 669. The van der Waals surface area contributed by atoms with E-state index >= 15 is 0 Å². The van der Waals surface area contributed by atoms with Gasteiger partial charge in [0.05, 0.1) is 18.9 Å². The second kappa shape index (κ2) is 6.91. The number of carbonyl (C=O) groups is 1. The zero-order chi connectivity index (χ0) is 16.2. The van der Waals surface area contributed by atoms with E-state index in [1.54, 1.807) is 18.3 Å². The molecule has 5 nitrogen and oxygen atoms in total. The number of morpholine rings is 1. The van der Waals surface area contributed by atoms with Crippen LogP contribution in [0, 0.1) is 5.82 Å². The number of halogens is 1. The zero-order valence-electron chi connectivity index (χ0n) is 13.0. The van der Waals surface area contributed by atoms with Crippen molar-refractivity contribution in [2.75, 3.05) is 19.7 Å². The predicted octanol–water partition coefficient (Wildman–Crippen LogP) is 2.66. The highest BCUT2D eigenvalue weighted by Gasteiger charge is 2.21. The number of nitrogens with zero attached hydrogens (tertiary/aromatic N) is 2. The van der Waals surface area contributed by atoms with Crippen LogP contribution in [-0.4, -0.2) is 41.6 Å². The second-order valence-electron chi connectivity index (χ2n) is 5.65. The molecule has 122 valence electrons. The second-order valence-corrected chi connectivity index (χ2v) is 5.65. The molecule has 2 aromatic rings. The van der Waals surface area contributed by atoms with Gasteiger partial charge in [0.1, 0.15) is 5.82 Å². The monoisotopic (exact) mass is 318 g/mol. The molecule has 1 atom stereocenters. The fourth-order valence-electron chi connectivity index (χ4n) is 2.59. The van der Waals surface area contributed by atoms with Crippen LogP contribution in [0.2, 0.25) is 0 Å². The molecule has 0 unspecified atom stereocenters. The fraction of sp³-hybridized carbons (Fsp3) is 0.412. The van der Waals surface area contributed by atoms with Crippen molar-refractivity contribution in [2.24, 2.45) is 0 Å². The van der Waals surface area contributed by atoms with Crippen LogP contribution in [0.25, 0.3) is 11.3 Å². The number of rotatable bonds is 4. The Kier molecular flexibility index (Phi) is 4.71. The van der Waals surface area contributed by atoms with Crippen molar-refractivity contribution < 1.29 is 18.3 Å². The van der Waals surface area contributed by atoms with Gasteiger partial charge in [0.25, 0.3) is 0 Å². The first-order valence-electron chi connectivity index (χ1n) is 7.72. The summed E-state index contributed by atoms with van der Waals surface area (Å²) in [6.07, 6.45) is 2.49. The molecule has 1 aliphatic rings. The molecular weight excluding hydrogens is 299 g/mol. The lowest BCUT2D eigenvalue weighted by Crippen LogP contribution is -2.44. The van der Waals surface area contributed by atoms with Gasteiger partial charge in [-0.25, -0.2) is 9.37 Å². The minimum absolute atomic E-state index is 0.0829. The molecule has 2 heterocycles. The van der Waals surface area contributed by atoms with E-state index in [0.29, 0.717) is 44.2 Å². The Morgan fingerprint density at radius 2 is 2.17 bits per heavy atom. The average Bonchev–Trinajstić information content (AvgIpc) is 3.02. The summed E-state index contributed by atoms with van der Waals surface area (Å²) in [5.41, 5.74) is 0.762. The zero-order valence-corrected chi connectivity index (χ0v) is 13.0. The van der Waals surface area contributed by atoms with Crippen molar-refractivity contribution in [2.45, 2.75) is 25.9 Å². The number of amides is 1. The number of benzene rings is 1. The summed E-state index contributed by atoms with van der Waals surface area (Å²) in [5, 5.41) is 0. The number of oxazole rings is 1. The topological polar surface area (TPSA) is 55.6 Å². The van der Waals surface area contributed by atoms with E-state index in [2.05, 4.69) is 4.98 Å². The molecule has 0 spiro atoms. The quantitative estimate of drug-likeness (QED) is 0.869. The highest BCUT2D eigenvalue weighted by molar-refractivity contribution is 5.76. The van der Waals surface area contributed by atoms with Crippen molar-refractivity contribution >= 4 is 5.91 Å². The maximum atomic E-state index is 12.9. The van der Waals surface area contributed by atoms with Gasteiger partial charge in [0, 0.05) is 31.5 Å². The molecule has 1 aliphatic heterocycles. The minimum Gasteiger partial charge on any atom is -0.441 e. The van der Waals surface area contributed by atoms with E-state index in [4.69, 9.17) is 9.15 Å². The maximum absolute atomic E-state index is 12.9. The van der Waals surface area contributed by atoms with Gasteiger partial charge < -0.3 is 14.1 Å². The molecule has 0 saturated carbocycles. The molecule has 1 aromatic heterocycles. The summed E-state index contributed by atoms with van der Waals surface area (Å²) in [6.45, 7) is 3.81. The van der Waals surface area contributed by atoms with E-state index < -0.39 is 0 Å². The van der Waals surface area contributed by atoms with Gasteiger partial charge in [-0.15, -0.1) is 0 Å². The molecule has 1 amide bonds.